The zero-order chi connectivity index (χ0) is 10.1. The minimum atomic E-state index is -0.271. The molecule has 80 valence electrons. The smallest absolute Gasteiger partial charge is 0.0776 e. The summed E-state index contributed by atoms with van der Waals surface area (Å²) in [7, 11) is 1.64. The molecule has 0 bridgehead atoms. The third-order valence-corrected chi connectivity index (χ3v) is 2.51. The van der Waals surface area contributed by atoms with Gasteiger partial charge in [-0.05, 0) is 12.3 Å². The fourth-order valence-electron chi connectivity index (χ4n) is 1.63. The highest BCUT2D eigenvalue weighted by Crippen LogP contribution is 2.18. The van der Waals surface area contributed by atoms with Gasteiger partial charge < -0.3 is 9.84 Å². The maximum absolute atomic E-state index is 9.53. The van der Waals surface area contributed by atoms with Crippen molar-refractivity contribution in [1.29, 1.82) is 0 Å². The average Bonchev–Trinajstić information content (AvgIpc) is 2.12. The minimum absolute atomic E-state index is 0.271. The van der Waals surface area contributed by atoms with Crippen molar-refractivity contribution < 1.29 is 9.84 Å². The number of methoxy groups -OCH3 is 1. The molecular formula is C11H24O2. The highest BCUT2D eigenvalue weighted by atomic mass is 16.5. The van der Waals surface area contributed by atoms with Gasteiger partial charge in [-0.2, -0.15) is 0 Å². The van der Waals surface area contributed by atoms with E-state index in [1.165, 1.54) is 25.7 Å². The van der Waals surface area contributed by atoms with Crippen molar-refractivity contribution in [3.05, 3.63) is 0 Å². The molecule has 0 fully saturated rings. The van der Waals surface area contributed by atoms with Crippen molar-refractivity contribution >= 4 is 0 Å². The summed E-state index contributed by atoms with van der Waals surface area (Å²) in [6, 6.07) is 0. The first-order chi connectivity index (χ1) is 6.24. The molecule has 0 aliphatic rings. The summed E-state index contributed by atoms with van der Waals surface area (Å²) in [6.45, 7) is 4.88. The van der Waals surface area contributed by atoms with Gasteiger partial charge >= 0.3 is 0 Å². The van der Waals surface area contributed by atoms with E-state index in [2.05, 4.69) is 13.8 Å². The predicted molar refractivity (Wildman–Crippen MR) is 55.8 cm³/mol. The summed E-state index contributed by atoms with van der Waals surface area (Å²) in [6.07, 6.45) is 5.56. The molecule has 2 heteroatoms. The van der Waals surface area contributed by atoms with E-state index in [1.807, 2.05) is 0 Å². The molecule has 0 radical (unpaired) electrons. The SMILES string of the molecule is CCCCC(CC)CC(O)COC. The normalized spacial score (nSPS) is 15.7. The number of ether oxygens (including phenoxy) is 1. The summed E-state index contributed by atoms with van der Waals surface area (Å²) < 4.78 is 4.90. The van der Waals surface area contributed by atoms with Gasteiger partial charge in [0, 0.05) is 7.11 Å². The maximum Gasteiger partial charge on any atom is 0.0776 e. The van der Waals surface area contributed by atoms with Crippen LogP contribution in [0.15, 0.2) is 0 Å². The van der Waals surface area contributed by atoms with Gasteiger partial charge in [-0.3, -0.25) is 0 Å². The molecule has 2 unspecified atom stereocenters. The van der Waals surface area contributed by atoms with Gasteiger partial charge in [0.05, 0.1) is 12.7 Å². The number of aliphatic hydroxyl groups excluding tert-OH is 1. The molecule has 0 aliphatic carbocycles. The Labute approximate surface area is 82.3 Å². The third kappa shape index (κ3) is 7.03. The lowest BCUT2D eigenvalue weighted by Crippen LogP contribution is -2.18. The van der Waals surface area contributed by atoms with Crippen LogP contribution in [0.25, 0.3) is 0 Å². The molecule has 2 atom stereocenters. The van der Waals surface area contributed by atoms with Crippen molar-refractivity contribution in [2.75, 3.05) is 13.7 Å². The lowest BCUT2D eigenvalue weighted by molar-refractivity contribution is 0.0466. The lowest BCUT2D eigenvalue weighted by Gasteiger charge is -2.17. The molecule has 2 nitrogen and oxygen atoms in total. The van der Waals surface area contributed by atoms with Crippen LogP contribution in [0, 0.1) is 5.92 Å². The highest BCUT2D eigenvalue weighted by molar-refractivity contribution is 4.63. The molecule has 0 amide bonds. The van der Waals surface area contributed by atoms with Crippen LogP contribution in [0.4, 0.5) is 0 Å². The van der Waals surface area contributed by atoms with Gasteiger partial charge in [-0.25, -0.2) is 0 Å². The van der Waals surface area contributed by atoms with Crippen LogP contribution < -0.4 is 0 Å². The van der Waals surface area contributed by atoms with Crippen LogP contribution in [0.2, 0.25) is 0 Å². The Hall–Kier alpha value is -0.0800. The Kier molecular flexibility index (Phi) is 8.46. The zero-order valence-electron chi connectivity index (χ0n) is 9.25. The molecule has 0 saturated carbocycles. The summed E-state index contributed by atoms with van der Waals surface area (Å²) in [5.41, 5.74) is 0. The Bertz CT molecular complexity index is 104. The molecule has 1 N–H and O–H groups in total. The van der Waals surface area contributed by atoms with Crippen LogP contribution in [0.1, 0.15) is 46.0 Å². The number of hydrogen-bond donors (Lipinski definition) is 1. The summed E-state index contributed by atoms with van der Waals surface area (Å²) in [5, 5.41) is 9.53. The van der Waals surface area contributed by atoms with E-state index < -0.39 is 0 Å². The van der Waals surface area contributed by atoms with Gasteiger partial charge in [0.15, 0.2) is 0 Å². The molecule has 13 heavy (non-hydrogen) atoms. The third-order valence-electron chi connectivity index (χ3n) is 2.51. The van der Waals surface area contributed by atoms with Crippen molar-refractivity contribution in [2.45, 2.75) is 52.1 Å². The van der Waals surface area contributed by atoms with Crippen molar-refractivity contribution in [3.63, 3.8) is 0 Å². The van der Waals surface area contributed by atoms with E-state index in [4.69, 9.17) is 4.74 Å². The molecule has 0 rings (SSSR count). The zero-order valence-corrected chi connectivity index (χ0v) is 9.25. The molecule has 0 saturated heterocycles. The molecule has 0 heterocycles. The fraction of sp³-hybridized carbons (Fsp3) is 1.00. The first-order valence-corrected chi connectivity index (χ1v) is 5.41. The van der Waals surface area contributed by atoms with E-state index in [0.717, 1.165) is 6.42 Å². The van der Waals surface area contributed by atoms with Crippen molar-refractivity contribution in [3.8, 4) is 0 Å². The van der Waals surface area contributed by atoms with Crippen molar-refractivity contribution in [1.82, 2.24) is 0 Å². The Morgan fingerprint density at radius 1 is 1.31 bits per heavy atom. The van der Waals surface area contributed by atoms with E-state index in [-0.39, 0.29) is 6.10 Å². The van der Waals surface area contributed by atoms with Crippen LogP contribution in [0.3, 0.4) is 0 Å². The highest BCUT2D eigenvalue weighted by Gasteiger charge is 2.11. The van der Waals surface area contributed by atoms with E-state index in [1.54, 1.807) is 7.11 Å². The van der Waals surface area contributed by atoms with E-state index in [9.17, 15) is 5.11 Å². The largest absolute Gasteiger partial charge is 0.391 e. The Morgan fingerprint density at radius 2 is 2.00 bits per heavy atom. The second-order valence-electron chi connectivity index (χ2n) is 3.76. The number of aliphatic hydroxyl groups is 1. The van der Waals surface area contributed by atoms with Gasteiger partial charge in [-0.15, -0.1) is 0 Å². The summed E-state index contributed by atoms with van der Waals surface area (Å²) >= 11 is 0. The van der Waals surface area contributed by atoms with E-state index in [0.29, 0.717) is 12.5 Å². The summed E-state index contributed by atoms with van der Waals surface area (Å²) in [4.78, 5) is 0. The minimum Gasteiger partial charge on any atom is -0.391 e. The average molecular weight is 188 g/mol. The monoisotopic (exact) mass is 188 g/mol. The van der Waals surface area contributed by atoms with Crippen molar-refractivity contribution in [2.24, 2.45) is 5.92 Å². The quantitative estimate of drug-likeness (QED) is 0.634. The van der Waals surface area contributed by atoms with Crippen LogP contribution in [-0.4, -0.2) is 24.9 Å². The topological polar surface area (TPSA) is 29.5 Å². The number of hydrogen-bond acceptors (Lipinski definition) is 2. The molecule has 0 aromatic carbocycles. The standard InChI is InChI=1S/C11H24O2/c1-4-6-7-10(5-2)8-11(12)9-13-3/h10-12H,4-9H2,1-3H3. The van der Waals surface area contributed by atoms with Crippen LogP contribution in [0.5, 0.6) is 0 Å². The molecular weight excluding hydrogens is 164 g/mol. The predicted octanol–water partition coefficient (Wildman–Crippen LogP) is 2.60. The molecule has 0 aromatic rings. The van der Waals surface area contributed by atoms with Gasteiger partial charge in [0.2, 0.25) is 0 Å². The summed E-state index contributed by atoms with van der Waals surface area (Å²) in [5.74, 6) is 0.671. The first kappa shape index (κ1) is 12.9. The lowest BCUT2D eigenvalue weighted by atomic mass is 9.93. The molecule has 0 aliphatic heterocycles. The first-order valence-electron chi connectivity index (χ1n) is 5.41. The fourth-order valence-corrected chi connectivity index (χ4v) is 1.63. The van der Waals surface area contributed by atoms with Gasteiger partial charge in [-0.1, -0.05) is 39.5 Å². The second kappa shape index (κ2) is 8.52. The van der Waals surface area contributed by atoms with E-state index >= 15 is 0 Å². The second-order valence-corrected chi connectivity index (χ2v) is 3.76. The molecule has 0 aromatic heterocycles. The Morgan fingerprint density at radius 3 is 2.46 bits per heavy atom. The number of rotatable bonds is 8. The van der Waals surface area contributed by atoms with Crippen LogP contribution >= 0.6 is 0 Å². The van der Waals surface area contributed by atoms with Crippen LogP contribution in [-0.2, 0) is 4.74 Å². The van der Waals surface area contributed by atoms with Gasteiger partial charge in [0.1, 0.15) is 0 Å². The maximum atomic E-state index is 9.53. The van der Waals surface area contributed by atoms with Gasteiger partial charge in [0.25, 0.3) is 0 Å². The molecule has 0 spiro atoms. The number of unbranched alkanes of at least 4 members (excludes halogenated alkanes) is 1. The Balaban J connectivity index is 3.56.